The second kappa shape index (κ2) is 6.59. The smallest absolute Gasteiger partial charge is 0.246 e. The van der Waals surface area contributed by atoms with E-state index in [4.69, 9.17) is 4.74 Å². The number of benzene rings is 1. The quantitative estimate of drug-likeness (QED) is 0.852. The molecule has 0 saturated carbocycles. The van der Waals surface area contributed by atoms with E-state index in [9.17, 15) is 8.42 Å². The van der Waals surface area contributed by atoms with Gasteiger partial charge in [0, 0.05) is 13.1 Å². The Kier molecular flexibility index (Phi) is 5.17. The number of nitrogens with zero attached hydrogens (tertiary/aromatic N) is 1. The zero-order valence-corrected chi connectivity index (χ0v) is 15.0. The molecule has 2 atom stereocenters. The molecule has 0 aromatic heterocycles. The molecule has 4 nitrogen and oxygen atoms in total. The monoisotopic (exact) mass is 325 g/mol. The molecule has 0 aliphatic carbocycles. The van der Waals surface area contributed by atoms with E-state index >= 15 is 0 Å². The largest absolute Gasteiger partial charge is 0.492 e. The first kappa shape index (κ1) is 17.3. The van der Waals surface area contributed by atoms with Crippen molar-refractivity contribution in [2.24, 2.45) is 11.8 Å². The Bertz CT molecular complexity index is 630. The summed E-state index contributed by atoms with van der Waals surface area (Å²) in [7, 11) is -3.51. The van der Waals surface area contributed by atoms with Crippen molar-refractivity contribution in [3.63, 3.8) is 0 Å². The molecule has 124 valence electrons. The highest BCUT2D eigenvalue weighted by Gasteiger charge is 2.33. The molecule has 22 heavy (non-hydrogen) atoms. The van der Waals surface area contributed by atoms with Gasteiger partial charge in [0.2, 0.25) is 10.0 Å². The van der Waals surface area contributed by atoms with Crippen LogP contribution < -0.4 is 4.74 Å². The van der Waals surface area contributed by atoms with Crippen molar-refractivity contribution in [2.75, 3.05) is 19.7 Å². The standard InChI is InChI=1S/C17H27NO3S/c1-6-21-16-8-14(4)15(5)9-17(16)22(19,20)18-10-12(2)7-13(3)11-18/h8-9,12-13H,6-7,10-11H2,1-5H3. The van der Waals surface area contributed by atoms with Gasteiger partial charge in [0.1, 0.15) is 10.6 Å². The molecule has 0 amide bonds. The minimum Gasteiger partial charge on any atom is -0.492 e. The van der Waals surface area contributed by atoms with Gasteiger partial charge in [-0.05, 0) is 62.3 Å². The second-order valence-electron chi connectivity index (χ2n) is 6.58. The van der Waals surface area contributed by atoms with Crippen LogP contribution in [0.1, 0.15) is 38.3 Å². The summed E-state index contributed by atoms with van der Waals surface area (Å²) in [4.78, 5) is 0.304. The van der Waals surface area contributed by atoms with Crippen molar-refractivity contribution in [1.82, 2.24) is 4.31 Å². The molecule has 1 aliphatic rings. The first-order valence-electron chi connectivity index (χ1n) is 7.99. The summed E-state index contributed by atoms with van der Waals surface area (Å²) >= 11 is 0. The topological polar surface area (TPSA) is 46.6 Å². The number of piperidine rings is 1. The molecular formula is C17H27NO3S. The van der Waals surface area contributed by atoms with Crippen LogP contribution in [0.2, 0.25) is 0 Å². The van der Waals surface area contributed by atoms with Crippen LogP contribution in [0.15, 0.2) is 17.0 Å². The third-order valence-corrected chi connectivity index (χ3v) is 6.17. The molecule has 2 unspecified atom stereocenters. The highest BCUT2D eigenvalue weighted by Crippen LogP contribution is 2.33. The summed E-state index contributed by atoms with van der Waals surface area (Å²) in [6.45, 7) is 11.6. The normalized spacial score (nSPS) is 23.5. The van der Waals surface area contributed by atoms with Gasteiger partial charge in [-0.1, -0.05) is 13.8 Å². The molecular weight excluding hydrogens is 298 g/mol. The van der Waals surface area contributed by atoms with E-state index < -0.39 is 10.0 Å². The molecule has 0 radical (unpaired) electrons. The molecule has 1 aromatic carbocycles. The lowest BCUT2D eigenvalue weighted by molar-refractivity contribution is 0.222. The average molecular weight is 325 g/mol. The van der Waals surface area contributed by atoms with Crippen LogP contribution in [0, 0.1) is 25.7 Å². The molecule has 5 heteroatoms. The minimum absolute atomic E-state index is 0.304. The Balaban J connectivity index is 2.46. The highest BCUT2D eigenvalue weighted by atomic mass is 32.2. The van der Waals surface area contributed by atoms with Gasteiger partial charge in [0.15, 0.2) is 0 Å². The maximum Gasteiger partial charge on any atom is 0.246 e. The van der Waals surface area contributed by atoms with E-state index in [1.165, 1.54) is 0 Å². The lowest BCUT2D eigenvalue weighted by Gasteiger charge is -2.34. The van der Waals surface area contributed by atoms with Crippen molar-refractivity contribution < 1.29 is 13.2 Å². The SMILES string of the molecule is CCOc1cc(C)c(C)cc1S(=O)(=O)N1CC(C)CC(C)C1. The Morgan fingerprint density at radius 1 is 1.14 bits per heavy atom. The fraction of sp³-hybridized carbons (Fsp3) is 0.647. The van der Waals surface area contributed by atoms with Crippen molar-refractivity contribution in [3.05, 3.63) is 23.3 Å². The molecule has 0 bridgehead atoms. The van der Waals surface area contributed by atoms with E-state index in [2.05, 4.69) is 13.8 Å². The predicted molar refractivity (Wildman–Crippen MR) is 88.8 cm³/mol. The van der Waals surface area contributed by atoms with Crippen LogP contribution in [0.5, 0.6) is 5.75 Å². The Morgan fingerprint density at radius 2 is 1.68 bits per heavy atom. The molecule has 0 spiro atoms. The Morgan fingerprint density at radius 3 is 2.23 bits per heavy atom. The average Bonchev–Trinajstić information content (AvgIpc) is 2.41. The van der Waals surface area contributed by atoms with Gasteiger partial charge < -0.3 is 4.74 Å². The molecule has 0 N–H and O–H groups in total. The number of aryl methyl sites for hydroxylation is 2. The molecule has 1 heterocycles. The number of hydrogen-bond acceptors (Lipinski definition) is 3. The molecule has 1 saturated heterocycles. The number of hydrogen-bond donors (Lipinski definition) is 0. The third kappa shape index (κ3) is 3.46. The third-order valence-electron chi connectivity index (χ3n) is 4.31. The molecule has 1 aliphatic heterocycles. The maximum absolute atomic E-state index is 13.1. The Hall–Kier alpha value is -1.07. The van der Waals surface area contributed by atoms with Gasteiger partial charge in [0.05, 0.1) is 6.61 Å². The van der Waals surface area contributed by atoms with Crippen molar-refractivity contribution >= 4 is 10.0 Å². The summed E-state index contributed by atoms with van der Waals surface area (Å²) < 4.78 is 33.4. The highest BCUT2D eigenvalue weighted by molar-refractivity contribution is 7.89. The zero-order valence-electron chi connectivity index (χ0n) is 14.2. The summed E-state index contributed by atoms with van der Waals surface area (Å²) in [5, 5.41) is 0. The maximum atomic E-state index is 13.1. The number of sulfonamides is 1. The fourth-order valence-corrected chi connectivity index (χ4v) is 5.05. The summed E-state index contributed by atoms with van der Waals surface area (Å²) in [5.74, 6) is 1.25. The predicted octanol–water partition coefficient (Wildman–Crippen LogP) is 3.37. The zero-order chi connectivity index (χ0) is 16.5. The molecule has 2 rings (SSSR count). The first-order chi connectivity index (χ1) is 10.3. The van der Waals surface area contributed by atoms with Crippen LogP contribution in [0.3, 0.4) is 0 Å². The van der Waals surface area contributed by atoms with Gasteiger partial charge in [-0.3, -0.25) is 0 Å². The molecule has 1 fully saturated rings. The van der Waals surface area contributed by atoms with Crippen molar-refractivity contribution in [3.8, 4) is 5.75 Å². The van der Waals surface area contributed by atoms with E-state index in [0.29, 0.717) is 42.2 Å². The number of ether oxygens (including phenoxy) is 1. The minimum atomic E-state index is -3.51. The van der Waals surface area contributed by atoms with Gasteiger partial charge in [-0.15, -0.1) is 0 Å². The second-order valence-corrected chi connectivity index (χ2v) is 8.49. The van der Waals surface area contributed by atoms with Gasteiger partial charge in [0.25, 0.3) is 0 Å². The van der Waals surface area contributed by atoms with Crippen LogP contribution >= 0.6 is 0 Å². The fourth-order valence-electron chi connectivity index (χ4n) is 3.17. The van der Waals surface area contributed by atoms with Crippen molar-refractivity contribution in [1.29, 1.82) is 0 Å². The summed E-state index contributed by atoms with van der Waals surface area (Å²) in [5.41, 5.74) is 2.02. The number of rotatable bonds is 4. The van der Waals surface area contributed by atoms with Gasteiger partial charge in [-0.2, -0.15) is 4.31 Å². The van der Waals surface area contributed by atoms with E-state index in [0.717, 1.165) is 17.5 Å². The van der Waals surface area contributed by atoms with E-state index in [1.807, 2.05) is 26.8 Å². The van der Waals surface area contributed by atoms with Crippen LogP contribution in [-0.4, -0.2) is 32.4 Å². The van der Waals surface area contributed by atoms with Gasteiger partial charge in [-0.25, -0.2) is 8.42 Å². The summed E-state index contributed by atoms with van der Waals surface area (Å²) in [6.07, 6.45) is 1.08. The Labute approximate surface area is 134 Å². The first-order valence-corrected chi connectivity index (χ1v) is 9.43. The van der Waals surface area contributed by atoms with Crippen LogP contribution in [0.4, 0.5) is 0 Å². The van der Waals surface area contributed by atoms with Crippen molar-refractivity contribution in [2.45, 2.75) is 45.9 Å². The lowest BCUT2D eigenvalue weighted by atomic mass is 9.94. The lowest BCUT2D eigenvalue weighted by Crippen LogP contribution is -2.42. The molecule has 1 aromatic rings. The van der Waals surface area contributed by atoms with Crippen LogP contribution in [-0.2, 0) is 10.0 Å². The summed E-state index contributed by atoms with van der Waals surface area (Å²) in [6, 6.07) is 3.59. The van der Waals surface area contributed by atoms with E-state index in [1.54, 1.807) is 10.4 Å². The van der Waals surface area contributed by atoms with Crippen LogP contribution in [0.25, 0.3) is 0 Å². The van der Waals surface area contributed by atoms with E-state index in [-0.39, 0.29) is 0 Å². The van der Waals surface area contributed by atoms with Gasteiger partial charge >= 0.3 is 0 Å².